The van der Waals surface area contributed by atoms with Crippen LogP contribution >= 0.6 is 0 Å². The van der Waals surface area contributed by atoms with Gasteiger partial charge >= 0.3 is 0 Å². The first-order valence-corrected chi connectivity index (χ1v) is 8.64. The Morgan fingerprint density at radius 2 is 1.83 bits per heavy atom. The highest BCUT2D eigenvalue weighted by Crippen LogP contribution is 2.28. The van der Waals surface area contributed by atoms with Crippen LogP contribution < -0.4 is 15.2 Å². The van der Waals surface area contributed by atoms with Gasteiger partial charge in [-0.3, -0.25) is 0 Å². The second kappa shape index (κ2) is 7.30. The van der Waals surface area contributed by atoms with E-state index in [1.807, 2.05) is 0 Å². The number of ether oxygens (including phenoxy) is 3. The van der Waals surface area contributed by atoms with Crippen molar-refractivity contribution < 1.29 is 22.6 Å². The van der Waals surface area contributed by atoms with E-state index < -0.39 is 9.84 Å². The molecule has 0 saturated carbocycles. The Morgan fingerprint density at radius 1 is 1.13 bits per heavy atom. The molecule has 2 aromatic rings. The van der Waals surface area contributed by atoms with Crippen LogP contribution in [0.2, 0.25) is 0 Å². The molecular formula is C15H18N2O5S. The molecule has 23 heavy (non-hydrogen) atoms. The molecule has 0 saturated heterocycles. The van der Waals surface area contributed by atoms with Crippen molar-refractivity contribution in [2.24, 2.45) is 0 Å². The first-order valence-electron chi connectivity index (χ1n) is 6.75. The summed E-state index contributed by atoms with van der Waals surface area (Å²) in [5, 5.41) is 0. The molecule has 0 bridgehead atoms. The molecular weight excluding hydrogens is 320 g/mol. The van der Waals surface area contributed by atoms with Gasteiger partial charge in [0.15, 0.2) is 21.4 Å². The summed E-state index contributed by atoms with van der Waals surface area (Å²) in [6.45, 7) is 0.770. The molecule has 0 radical (unpaired) electrons. The molecule has 0 unspecified atom stereocenters. The smallest absolute Gasteiger partial charge is 0.175 e. The van der Waals surface area contributed by atoms with E-state index in [9.17, 15) is 8.42 Å². The van der Waals surface area contributed by atoms with Crippen LogP contribution in [0.15, 0.2) is 41.4 Å². The first kappa shape index (κ1) is 17.0. The zero-order valence-electron chi connectivity index (χ0n) is 12.9. The fourth-order valence-electron chi connectivity index (χ4n) is 1.73. The van der Waals surface area contributed by atoms with Gasteiger partial charge in [0.2, 0.25) is 0 Å². The molecule has 0 aliphatic carbocycles. The number of pyridine rings is 1. The van der Waals surface area contributed by atoms with E-state index in [4.69, 9.17) is 19.9 Å². The van der Waals surface area contributed by atoms with Crippen LogP contribution in [0.4, 0.5) is 5.82 Å². The number of hydrogen-bond acceptors (Lipinski definition) is 7. The summed E-state index contributed by atoms with van der Waals surface area (Å²) in [4.78, 5) is 4.23. The van der Waals surface area contributed by atoms with Crippen LogP contribution in [0.25, 0.3) is 0 Å². The number of hydrogen-bond donors (Lipinski definition) is 1. The molecule has 1 heterocycles. The third kappa shape index (κ3) is 4.83. The second-order valence-corrected chi connectivity index (χ2v) is 6.76. The third-order valence-electron chi connectivity index (χ3n) is 2.89. The van der Waals surface area contributed by atoms with Crippen LogP contribution in [0.1, 0.15) is 0 Å². The molecule has 1 aromatic heterocycles. The highest BCUT2D eigenvalue weighted by atomic mass is 32.2. The fraction of sp³-hybridized carbons (Fsp3) is 0.267. The number of rotatable bonds is 7. The first-order chi connectivity index (χ1) is 10.9. The molecule has 124 valence electrons. The molecule has 0 amide bonds. The summed E-state index contributed by atoms with van der Waals surface area (Å²) in [5.74, 6) is 1.55. The Bertz CT molecular complexity index is 760. The Morgan fingerprint density at radius 3 is 2.43 bits per heavy atom. The third-order valence-corrected chi connectivity index (χ3v) is 4.02. The molecule has 0 fully saturated rings. The Balaban J connectivity index is 2.12. The number of anilines is 1. The lowest BCUT2D eigenvalue weighted by atomic mass is 10.3. The van der Waals surface area contributed by atoms with E-state index in [2.05, 4.69) is 4.98 Å². The average molecular weight is 338 g/mol. The van der Waals surface area contributed by atoms with Gasteiger partial charge in [-0.2, -0.15) is 0 Å². The normalized spacial score (nSPS) is 11.2. The standard InChI is InChI=1S/C15H18N2O5S/c1-20-7-8-21-14-9-12(10-17-15(14)16)22-11-3-5-13(6-4-11)23(2,18)19/h3-6,9-10H,7-8H2,1-2H3,(H2,16,17). The molecule has 0 aliphatic heterocycles. The Labute approximate surface area is 134 Å². The van der Waals surface area contributed by atoms with Crippen molar-refractivity contribution in [1.29, 1.82) is 0 Å². The maximum Gasteiger partial charge on any atom is 0.175 e. The van der Waals surface area contributed by atoms with Gasteiger partial charge in [-0.1, -0.05) is 0 Å². The molecule has 0 atom stereocenters. The summed E-state index contributed by atoms with van der Waals surface area (Å²) >= 11 is 0. The second-order valence-electron chi connectivity index (χ2n) is 4.74. The Hall–Kier alpha value is -2.32. The number of sulfone groups is 1. The highest BCUT2D eigenvalue weighted by molar-refractivity contribution is 7.90. The number of nitrogens with zero attached hydrogens (tertiary/aromatic N) is 1. The topological polar surface area (TPSA) is 101 Å². The van der Waals surface area contributed by atoms with Gasteiger partial charge < -0.3 is 19.9 Å². The molecule has 0 spiro atoms. The number of nitrogens with two attached hydrogens (primary N) is 1. The van der Waals surface area contributed by atoms with Crippen LogP contribution in [0, 0.1) is 0 Å². The van der Waals surface area contributed by atoms with Crippen molar-refractivity contribution in [1.82, 2.24) is 4.98 Å². The predicted octanol–water partition coefficient (Wildman–Crippen LogP) is 1.88. The van der Waals surface area contributed by atoms with Gasteiger partial charge in [0.25, 0.3) is 0 Å². The van der Waals surface area contributed by atoms with E-state index in [0.717, 1.165) is 6.26 Å². The quantitative estimate of drug-likeness (QED) is 0.769. The van der Waals surface area contributed by atoms with Gasteiger partial charge in [0, 0.05) is 19.4 Å². The molecule has 2 N–H and O–H groups in total. The van der Waals surface area contributed by atoms with Gasteiger partial charge in [0.05, 0.1) is 17.7 Å². The van der Waals surface area contributed by atoms with Crippen LogP contribution in [-0.4, -0.2) is 40.0 Å². The van der Waals surface area contributed by atoms with Crippen molar-refractivity contribution in [3.05, 3.63) is 36.5 Å². The summed E-state index contributed by atoms with van der Waals surface area (Å²) in [6, 6.07) is 7.70. The number of benzene rings is 1. The fourth-order valence-corrected chi connectivity index (χ4v) is 2.37. The van der Waals surface area contributed by atoms with E-state index in [1.54, 1.807) is 25.3 Å². The summed E-state index contributed by atoms with van der Waals surface area (Å²) < 4.78 is 38.8. The lowest BCUT2D eigenvalue weighted by molar-refractivity contribution is 0.146. The minimum atomic E-state index is -3.23. The lowest BCUT2D eigenvalue weighted by Crippen LogP contribution is -2.06. The Kier molecular flexibility index (Phi) is 5.41. The van der Waals surface area contributed by atoms with Crippen molar-refractivity contribution in [3.63, 3.8) is 0 Å². The van der Waals surface area contributed by atoms with Crippen molar-refractivity contribution >= 4 is 15.7 Å². The van der Waals surface area contributed by atoms with E-state index in [-0.39, 0.29) is 10.7 Å². The maximum atomic E-state index is 11.4. The number of nitrogen functional groups attached to an aromatic ring is 1. The minimum absolute atomic E-state index is 0.226. The van der Waals surface area contributed by atoms with Gasteiger partial charge in [0.1, 0.15) is 18.1 Å². The van der Waals surface area contributed by atoms with Crippen molar-refractivity contribution in [3.8, 4) is 17.2 Å². The molecule has 8 heteroatoms. The minimum Gasteiger partial charge on any atom is -0.487 e. The SMILES string of the molecule is COCCOc1cc(Oc2ccc(S(C)(=O)=O)cc2)cnc1N. The van der Waals surface area contributed by atoms with Crippen LogP contribution in [-0.2, 0) is 14.6 Å². The zero-order valence-corrected chi connectivity index (χ0v) is 13.7. The molecule has 7 nitrogen and oxygen atoms in total. The largest absolute Gasteiger partial charge is 0.487 e. The maximum absolute atomic E-state index is 11.4. The van der Waals surface area contributed by atoms with Gasteiger partial charge in [-0.25, -0.2) is 13.4 Å². The lowest BCUT2D eigenvalue weighted by Gasteiger charge is -2.11. The summed E-state index contributed by atoms with van der Waals surface area (Å²) in [6.07, 6.45) is 2.61. The van der Waals surface area contributed by atoms with E-state index in [0.29, 0.717) is 30.5 Å². The number of aromatic nitrogens is 1. The van der Waals surface area contributed by atoms with Crippen molar-refractivity contribution in [2.45, 2.75) is 4.90 Å². The average Bonchev–Trinajstić information content (AvgIpc) is 2.50. The van der Waals surface area contributed by atoms with Crippen molar-refractivity contribution in [2.75, 3.05) is 32.3 Å². The van der Waals surface area contributed by atoms with E-state index >= 15 is 0 Å². The monoisotopic (exact) mass is 338 g/mol. The van der Waals surface area contributed by atoms with Crippen LogP contribution in [0.3, 0.4) is 0 Å². The van der Waals surface area contributed by atoms with Crippen LogP contribution in [0.5, 0.6) is 17.2 Å². The molecule has 2 rings (SSSR count). The summed E-state index contributed by atoms with van der Waals surface area (Å²) in [5.41, 5.74) is 5.73. The molecule has 1 aromatic carbocycles. The summed E-state index contributed by atoms with van der Waals surface area (Å²) in [7, 11) is -1.66. The predicted molar refractivity (Wildman–Crippen MR) is 85.6 cm³/mol. The highest BCUT2D eigenvalue weighted by Gasteiger charge is 2.09. The number of methoxy groups -OCH3 is 1. The van der Waals surface area contributed by atoms with Gasteiger partial charge in [-0.05, 0) is 24.3 Å². The van der Waals surface area contributed by atoms with E-state index in [1.165, 1.54) is 18.3 Å². The zero-order chi connectivity index (χ0) is 16.9. The molecule has 0 aliphatic rings. The van der Waals surface area contributed by atoms with Gasteiger partial charge in [-0.15, -0.1) is 0 Å².